The van der Waals surface area contributed by atoms with Gasteiger partial charge in [-0.3, -0.25) is 4.90 Å². The van der Waals surface area contributed by atoms with Crippen LogP contribution in [0.5, 0.6) is 0 Å². The number of hydrogen-bond donors (Lipinski definition) is 0. The number of benzene rings is 1. The second kappa shape index (κ2) is 6.05. The van der Waals surface area contributed by atoms with E-state index < -0.39 is 0 Å². The minimum atomic E-state index is -0.0607. The summed E-state index contributed by atoms with van der Waals surface area (Å²) in [5, 5.41) is 0. The molecule has 2 fully saturated rings. The van der Waals surface area contributed by atoms with E-state index in [1.807, 2.05) is 13.0 Å². The normalized spacial score (nSPS) is 23.0. The highest BCUT2D eigenvalue weighted by molar-refractivity contribution is 5.25. The van der Waals surface area contributed by atoms with Gasteiger partial charge in [0.25, 0.3) is 0 Å². The fourth-order valence-corrected chi connectivity index (χ4v) is 3.92. The minimum absolute atomic E-state index is 0.0607. The van der Waals surface area contributed by atoms with Gasteiger partial charge < -0.3 is 4.90 Å². The Bertz CT molecular complexity index is 492. The summed E-state index contributed by atoms with van der Waals surface area (Å²) in [6.07, 6.45) is 4.78. The molecule has 21 heavy (non-hydrogen) atoms. The Hall–Kier alpha value is -0.930. The topological polar surface area (TPSA) is 6.48 Å². The van der Waals surface area contributed by atoms with Gasteiger partial charge in [0.05, 0.1) is 0 Å². The lowest BCUT2D eigenvalue weighted by Gasteiger charge is -2.37. The molecule has 0 saturated carbocycles. The van der Waals surface area contributed by atoms with Crippen molar-refractivity contribution < 1.29 is 4.39 Å². The third kappa shape index (κ3) is 3.29. The first-order chi connectivity index (χ1) is 10.1. The first-order valence-corrected chi connectivity index (χ1v) is 8.28. The first-order valence-electron chi connectivity index (χ1n) is 8.28. The van der Waals surface area contributed by atoms with Crippen molar-refractivity contribution in [1.29, 1.82) is 0 Å². The zero-order valence-corrected chi connectivity index (χ0v) is 13.4. The van der Waals surface area contributed by atoms with Crippen LogP contribution in [-0.2, 0) is 13.0 Å². The van der Waals surface area contributed by atoms with Crippen molar-refractivity contribution in [2.75, 3.05) is 33.2 Å². The molecule has 0 aromatic heterocycles. The fourth-order valence-electron chi connectivity index (χ4n) is 3.92. The van der Waals surface area contributed by atoms with E-state index in [-0.39, 0.29) is 5.82 Å². The first kappa shape index (κ1) is 15.0. The van der Waals surface area contributed by atoms with Gasteiger partial charge in [-0.2, -0.15) is 0 Å². The van der Waals surface area contributed by atoms with Crippen molar-refractivity contribution >= 4 is 0 Å². The van der Waals surface area contributed by atoms with Crippen LogP contribution in [0.2, 0.25) is 0 Å². The number of rotatable bonds is 3. The van der Waals surface area contributed by atoms with E-state index in [1.54, 1.807) is 6.07 Å². The molecule has 0 atom stereocenters. The molecular formula is C18H27FN2. The summed E-state index contributed by atoms with van der Waals surface area (Å²) in [6.45, 7) is 7.90. The molecule has 2 aliphatic heterocycles. The second-order valence-electron chi connectivity index (χ2n) is 7.04. The Balaban J connectivity index is 1.62. The average Bonchev–Trinajstić information content (AvgIpc) is 2.87. The van der Waals surface area contributed by atoms with Crippen LogP contribution >= 0.6 is 0 Å². The van der Waals surface area contributed by atoms with E-state index in [0.29, 0.717) is 5.41 Å². The second-order valence-corrected chi connectivity index (χ2v) is 7.04. The minimum Gasteiger partial charge on any atom is -0.306 e. The van der Waals surface area contributed by atoms with Crippen LogP contribution in [0.3, 0.4) is 0 Å². The highest BCUT2D eigenvalue weighted by Crippen LogP contribution is 2.40. The van der Waals surface area contributed by atoms with Crippen LogP contribution in [0.15, 0.2) is 18.2 Å². The van der Waals surface area contributed by atoms with Gasteiger partial charge in [0.1, 0.15) is 5.82 Å². The molecule has 0 N–H and O–H groups in total. The summed E-state index contributed by atoms with van der Waals surface area (Å²) < 4.78 is 13.6. The molecule has 0 unspecified atom stereocenters. The predicted molar refractivity (Wildman–Crippen MR) is 84.8 cm³/mol. The maximum atomic E-state index is 13.6. The maximum Gasteiger partial charge on any atom is 0.126 e. The molecule has 2 aliphatic rings. The molecule has 3 rings (SSSR count). The zero-order chi connectivity index (χ0) is 14.9. The number of hydrogen-bond acceptors (Lipinski definition) is 2. The standard InChI is InChI=1S/C18H27FN2/c1-3-16-12-15(4-5-17(16)19)13-21-11-8-18(14-21)6-9-20(2)10-7-18/h4-5,12H,3,6-11,13-14H2,1-2H3. The molecule has 2 saturated heterocycles. The van der Waals surface area contributed by atoms with Crippen molar-refractivity contribution in [3.8, 4) is 0 Å². The van der Waals surface area contributed by atoms with Crippen molar-refractivity contribution in [2.45, 2.75) is 39.2 Å². The Morgan fingerprint density at radius 2 is 1.86 bits per heavy atom. The third-order valence-electron chi connectivity index (χ3n) is 5.46. The summed E-state index contributed by atoms with van der Waals surface area (Å²) in [5.74, 6) is -0.0607. The molecule has 2 nitrogen and oxygen atoms in total. The summed E-state index contributed by atoms with van der Waals surface area (Å²) in [5.41, 5.74) is 2.67. The van der Waals surface area contributed by atoms with Crippen LogP contribution < -0.4 is 0 Å². The lowest BCUT2D eigenvalue weighted by molar-refractivity contribution is 0.125. The van der Waals surface area contributed by atoms with Gasteiger partial charge in [0, 0.05) is 13.1 Å². The molecule has 1 aromatic carbocycles. The molecule has 0 radical (unpaired) electrons. The number of halogens is 1. The smallest absolute Gasteiger partial charge is 0.126 e. The van der Waals surface area contributed by atoms with Gasteiger partial charge in [-0.05, 0) is 75.0 Å². The number of nitrogens with zero attached hydrogens (tertiary/aromatic N) is 2. The Labute approximate surface area is 127 Å². The molecule has 0 aliphatic carbocycles. The lowest BCUT2D eigenvalue weighted by Crippen LogP contribution is -2.39. The molecule has 1 spiro atoms. The largest absolute Gasteiger partial charge is 0.306 e. The van der Waals surface area contributed by atoms with E-state index in [4.69, 9.17) is 0 Å². The van der Waals surface area contributed by atoms with Crippen molar-refractivity contribution in [3.05, 3.63) is 35.1 Å². The van der Waals surface area contributed by atoms with Crippen molar-refractivity contribution in [3.63, 3.8) is 0 Å². The SMILES string of the molecule is CCc1cc(CN2CCC3(CCN(C)CC3)C2)ccc1F. The monoisotopic (exact) mass is 290 g/mol. The lowest BCUT2D eigenvalue weighted by atomic mass is 9.78. The van der Waals surface area contributed by atoms with E-state index in [0.717, 1.165) is 18.5 Å². The third-order valence-corrected chi connectivity index (χ3v) is 5.46. The summed E-state index contributed by atoms with van der Waals surface area (Å²) >= 11 is 0. The maximum absolute atomic E-state index is 13.6. The van der Waals surface area contributed by atoms with Gasteiger partial charge in [0.2, 0.25) is 0 Å². The van der Waals surface area contributed by atoms with Gasteiger partial charge in [0.15, 0.2) is 0 Å². The zero-order valence-electron chi connectivity index (χ0n) is 13.4. The summed E-state index contributed by atoms with van der Waals surface area (Å²) in [6, 6.07) is 5.64. The predicted octanol–water partition coefficient (Wildman–Crippen LogP) is 3.31. The molecule has 2 heterocycles. The van der Waals surface area contributed by atoms with Gasteiger partial charge >= 0.3 is 0 Å². The average molecular weight is 290 g/mol. The summed E-state index contributed by atoms with van der Waals surface area (Å²) in [4.78, 5) is 5.01. The Morgan fingerprint density at radius 3 is 2.57 bits per heavy atom. The Morgan fingerprint density at radius 1 is 1.14 bits per heavy atom. The number of likely N-dealkylation sites (tertiary alicyclic amines) is 2. The molecule has 1 aromatic rings. The quantitative estimate of drug-likeness (QED) is 0.843. The van der Waals surface area contributed by atoms with Crippen molar-refractivity contribution in [1.82, 2.24) is 9.80 Å². The van der Waals surface area contributed by atoms with Crippen LogP contribution in [0.25, 0.3) is 0 Å². The van der Waals surface area contributed by atoms with Gasteiger partial charge in [-0.1, -0.05) is 19.1 Å². The Kier molecular flexibility index (Phi) is 4.32. The van der Waals surface area contributed by atoms with Gasteiger partial charge in [-0.15, -0.1) is 0 Å². The van der Waals surface area contributed by atoms with Gasteiger partial charge in [-0.25, -0.2) is 4.39 Å². The summed E-state index contributed by atoms with van der Waals surface area (Å²) in [7, 11) is 2.23. The highest BCUT2D eigenvalue weighted by atomic mass is 19.1. The van der Waals surface area contributed by atoms with Crippen LogP contribution in [-0.4, -0.2) is 43.0 Å². The molecule has 0 amide bonds. The highest BCUT2D eigenvalue weighted by Gasteiger charge is 2.39. The molecular weight excluding hydrogens is 263 g/mol. The molecule has 3 heteroatoms. The van der Waals surface area contributed by atoms with E-state index in [2.05, 4.69) is 22.9 Å². The van der Waals surface area contributed by atoms with Crippen LogP contribution in [0.1, 0.15) is 37.3 Å². The molecule has 116 valence electrons. The fraction of sp³-hybridized carbons (Fsp3) is 0.667. The van der Waals surface area contributed by atoms with E-state index in [1.165, 1.54) is 51.0 Å². The van der Waals surface area contributed by atoms with Crippen LogP contribution in [0, 0.1) is 11.2 Å². The van der Waals surface area contributed by atoms with E-state index in [9.17, 15) is 4.39 Å². The van der Waals surface area contributed by atoms with Crippen LogP contribution in [0.4, 0.5) is 4.39 Å². The molecule has 0 bridgehead atoms. The number of piperidine rings is 1. The van der Waals surface area contributed by atoms with Crippen molar-refractivity contribution in [2.24, 2.45) is 5.41 Å². The number of aryl methyl sites for hydroxylation is 1. The van der Waals surface area contributed by atoms with E-state index >= 15 is 0 Å².